The van der Waals surface area contributed by atoms with Gasteiger partial charge in [-0.15, -0.1) is 0 Å². The molecule has 4 N–H and O–H groups in total. The molecule has 2 atom stereocenters. The largest absolute Gasteiger partial charge is 0.479 e. The van der Waals surface area contributed by atoms with Crippen LogP contribution < -0.4 is 11.5 Å². The quantitative estimate of drug-likeness (QED) is 0.664. The third-order valence-corrected chi connectivity index (χ3v) is 3.18. The second-order valence-electron chi connectivity index (χ2n) is 4.61. The number of hydrogen-bond donors (Lipinski definition) is 2. The number of nitrogens with zero attached hydrogens (tertiary/aromatic N) is 2. The molecule has 0 aromatic carbocycles. The van der Waals surface area contributed by atoms with E-state index in [0.717, 1.165) is 31.7 Å². The van der Waals surface area contributed by atoms with Gasteiger partial charge in [-0.3, -0.25) is 9.98 Å². The number of nitrogens with two attached hydrogens (primary N) is 2. The zero-order valence-corrected chi connectivity index (χ0v) is 10.7. The highest BCUT2D eigenvalue weighted by Crippen LogP contribution is 2.19. The Bertz CT molecular complexity index is 330. The van der Waals surface area contributed by atoms with Gasteiger partial charge in [-0.1, -0.05) is 0 Å². The molecule has 0 amide bonds. The molecule has 0 radical (unpaired) electrons. The van der Waals surface area contributed by atoms with Crippen LogP contribution in [0.1, 0.15) is 19.3 Å². The summed E-state index contributed by atoms with van der Waals surface area (Å²) in [5, 5.41) is 0. The summed E-state index contributed by atoms with van der Waals surface area (Å²) in [6.45, 7) is 3.47. The lowest BCUT2D eigenvalue weighted by molar-refractivity contribution is 0.302. The number of ether oxygens (including phenoxy) is 2. The minimum atomic E-state index is -0.165. The van der Waals surface area contributed by atoms with Crippen LogP contribution in [-0.4, -0.2) is 50.7 Å². The molecule has 6 heteroatoms. The van der Waals surface area contributed by atoms with E-state index >= 15 is 0 Å². The molecule has 0 saturated carbocycles. The van der Waals surface area contributed by atoms with Gasteiger partial charge in [-0.2, -0.15) is 0 Å². The van der Waals surface area contributed by atoms with E-state index in [0.29, 0.717) is 32.2 Å². The van der Waals surface area contributed by atoms with Crippen molar-refractivity contribution in [3.63, 3.8) is 0 Å². The van der Waals surface area contributed by atoms with Crippen molar-refractivity contribution in [2.24, 2.45) is 27.4 Å². The number of rotatable bonds is 7. The van der Waals surface area contributed by atoms with Gasteiger partial charge in [-0.25, -0.2) is 0 Å². The van der Waals surface area contributed by atoms with Crippen molar-refractivity contribution in [1.29, 1.82) is 0 Å². The second-order valence-corrected chi connectivity index (χ2v) is 4.61. The summed E-state index contributed by atoms with van der Waals surface area (Å²) >= 11 is 0. The molecule has 2 aliphatic heterocycles. The summed E-state index contributed by atoms with van der Waals surface area (Å²) in [5.41, 5.74) is 11.7. The molecule has 6 nitrogen and oxygen atoms in total. The lowest BCUT2D eigenvalue weighted by atomic mass is 9.95. The lowest BCUT2D eigenvalue weighted by Gasteiger charge is -2.20. The van der Waals surface area contributed by atoms with Crippen molar-refractivity contribution in [2.75, 3.05) is 32.8 Å². The highest BCUT2D eigenvalue weighted by molar-refractivity contribution is 5.85. The van der Waals surface area contributed by atoms with Gasteiger partial charge in [0.2, 0.25) is 5.90 Å². The fraction of sp³-hybridized carbons (Fsp3) is 0.833. The molecule has 0 bridgehead atoms. The predicted octanol–water partition coefficient (Wildman–Crippen LogP) is -0.0837. The molecule has 0 aliphatic carbocycles. The van der Waals surface area contributed by atoms with Crippen molar-refractivity contribution in [3.8, 4) is 0 Å². The van der Waals surface area contributed by atoms with E-state index < -0.39 is 0 Å². The topological polar surface area (TPSA) is 95.2 Å². The monoisotopic (exact) mass is 254 g/mol. The van der Waals surface area contributed by atoms with Crippen LogP contribution in [0.25, 0.3) is 0 Å². The van der Waals surface area contributed by atoms with Crippen LogP contribution >= 0.6 is 0 Å². The van der Waals surface area contributed by atoms with E-state index in [-0.39, 0.29) is 12.0 Å². The first-order chi connectivity index (χ1) is 8.81. The molecule has 2 unspecified atom stereocenters. The lowest BCUT2D eigenvalue weighted by Crippen LogP contribution is -2.35. The van der Waals surface area contributed by atoms with Crippen molar-refractivity contribution in [1.82, 2.24) is 0 Å². The Labute approximate surface area is 107 Å². The van der Waals surface area contributed by atoms with Crippen molar-refractivity contribution in [3.05, 3.63) is 0 Å². The first kappa shape index (κ1) is 13.3. The number of aliphatic imine (C=N–C) groups is 2. The Morgan fingerprint density at radius 3 is 2.33 bits per heavy atom. The van der Waals surface area contributed by atoms with Crippen LogP contribution in [0.3, 0.4) is 0 Å². The molecule has 0 spiro atoms. The highest BCUT2D eigenvalue weighted by Gasteiger charge is 2.26. The van der Waals surface area contributed by atoms with E-state index in [9.17, 15) is 0 Å². The molecule has 0 fully saturated rings. The summed E-state index contributed by atoms with van der Waals surface area (Å²) in [6, 6.07) is -0.165. The van der Waals surface area contributed by atoms with E-state index in [1.165, 1.54) is 0 Å². The van der Waals surface area contributed by atoms with Gasteiger partial charge in [0.05, 0.1) is 19.1 Å². The first-order valence-corrected chi connectivity index (χ1v) is 6.61. The minimum absolute atomic E-state index is 0.165. The van der Waals surface area contributed by atoms with Crippen LogP contribution in [0.2, 0.25) is 0 Å². The summed E-state index contributed by atoms with van der Waals surface area (Å²) < 4.78 is 11.0. The van der Waals surface area contributed by atoms with E-state index in [1.807, 2.05) is 0 Å². The Kier molecular flexibility index (Phi) is 4.95. The van der Waals surface area contributed by atoms with E-state index in [2.05, 4.69) is 9.98 Å². The molecule has 0 saturated heterocycles. The Morgan fingerprint density at radius 2 is 1.78 bits per heavy atom. The smallest absolute Gasteiger partial charge is 0.200 e. The zero-order valence-electron chi connectivity index (χ0n) is 10.7. The van der Waals surface area contributed by atoms with Crippen molar-refractivity contribution >= 4 is 11.8 Å². The fourth-order valence-electron chi connectivity index (χ4n) is 2.29. The molecule has 0 aromatic heterocycles. The van der Waals surface area contributed by atoms with Gasteiger partial charge in [-0.05, 0) is 25.8 Å². The number of hydrogen-bond acceptors (Lipinski definition) is 6. The predicted molar refractivity (Wildman–Crippen MR) is 70.9 cm³/mol. The Hall–Kier alpha value is -1.14. The molecule has 2 aliphatic rings. The summed E-state index contributed by atoms with van der Waals surface area (Å²) in [4.78, 5) is 8.65. The second kappa shape index (κ2) is 6.70. The molecule has 2 heterocycles. The Morgan fingerprint density at radius 1 is 1.11 bits per heavy atom. The third-order valence-electron chi connectivity index (χ3n) is 3.18. The first-order valence-electron chi connectivity index (χ1n) is 6.61. The molecule has 102 valence electrons. The van der Waals surface area contributed by atoms with Crippen molar-refractivity contribution < 1.29 is 9.47 Å². The molecular weight excluding hydrogens is 232 g/mol. The molecular formula is C12H22N4O2. The van der Waals surface area contributed by atoms with Gasteiger partial charge < -0.3 is 20.9 Å². The van der Waals surface area contributed by atoms with Crippen LogP contribution in [0, 0.1) is 5.92 Å². The average Bonchev–Trinajstić information content (AvgIpc) is 3.04. The van der Waals surface area contributed by atoms with Crippen LogP contribution in [0.5, 0.6) is 0 Å². The molecule has 2 rings (SSSR count). The third kappa shape index (κ3) is 3.43. The van der Waals surface area contributed by atoms with Crippen molar-refractivity contribution in [2.45, 2.75) is 25.3 Å². The van der Waals surface area contributed by atoms with Crippen LogP contribution in [0.4, 0.5) is 0 Å². The van der Waals surface area contributed by atoms with E-state index in [1.54, 1.807) is 0 Å². The highest BCUT2D eigenvalue weighted by atomic mass is 16.5. The minimum Gasteiger partial charge on any atom is -0.479 e. The Balaban J connectivity index is 1.91. The standard InChI is InChI=1S/C12H22N4O2/c13-3-1-2-9(11-15-4-6-17-11)8-10(14)12-16-5-7-18-12/h9-10H,1-8,13-14H2. The van der Waals surface area contributed by atoms with Gasteiger partial charge in [0.25, 0.3) is 0 Å². The maximum absolute atomic E-state index is 6.12. The fourth-order valence-corrected chi connectivity index (χ4v) is 2.29. The van der Waals surface area contributed by atoms with Gasteiger partial charge in [0.1, 0.15) is 13.2 Å². The normalized spacial score (nSPS) is 21.9. The average molecular weight is 254 g/mol. The summed E-state index contributed by atoms with van der Waals surface area (Å²) in [7, 11) is 0. The van der Waals surface area contributed by atoms with Gasteiger partial charge in [0, 0.05) is 5.92 Å². The SMILES string of the molecule is NCCCC(CC(N)C1=NCCO1)C1=NCCO1. The van der Waals surface area contributed by atoms with Gasteiger partial charge >= 0.3 is 0 Å². The zero-order chi connectivity index (χ0) is 12.8. The molecule has 0 aromatic rings. The maximum atomic E-state index is 6.12. The maximum Gasteiger partial charge on any atom is 0.200 e. The van der Waals surface area contributed by atoms with Crippen LogP contribution in [0.15, 0.2) is 9.98 Å². The van der Waals surface area contributed by atoms with E-state index in [4.69, 9.17) is 20.9 Å². The summed E-state index contributed by atoms with van der Waals surface area (Å²) in [5.74, 6) is 1.74. The molecule has 18 heavy (non-hydrogen) atoms. The summed E-state index contributed by atoms with van der Waals surface area (Å²) in [6.07, 6.45) is 2.67. The van der Waals surface area contributed by atoms with Gasteiger partial charge in [0.15, 0.2) is 5.90 Å². The van der Waals surface area contributed by atoms with Crippen LogP contribution in [-0.2, 0) is 9.47 Å².